The largest absolute Gasteiger partial charge is 0.382 e. The Morgan fingerprint density at radius 3 is 2.39 bits per heavy atom. The first-order chi connectivity index (χ1) is 8.49. The van der Waals surface area contributed by atoms with E-state index in [4.69, 9.17) is 4.74 Å². The van der Waals surface area contributed by atoms with Crippen molar-refractivity contribution in [2.45, 2.75) is 31.3 Å². The lowest BCUT2D eigenvalue weighted by atomic mass is 10.3. The van der Waals surface area contributed by atoms with Crippen molar-refractivity contribution >= 4 is 15.5 Å². The minimum Gasteiger partial charge on any atom is -0.382 e. The van der Waals surface area contributed by atoms with E-state index in [1.54, 1.807) is 31.4 Å². The fraction of sp³-hybridized carbons (Fsp3) is 0.538. The predicted molar refractivity (Wildman–Crippen MR) is 73.7 cm³/mol. The zero-order chi connectivity index (χ0) is 13.6. The van der Waals surface area contributed by atoms with Crippen LogP contribution in [0.3, 0.4) is 0 Å². The van der Waals surface area contributed by atoms with Crippen LogP contribution < -0.4 is 5.32 Å². The molecule has 1 aromatic rings. The maximum Gasteiger partial charge on any atom is 0.178 e. The Morgan fingerprint density at radius 1 is 1.28 bits per heavy atom. The molecule has 102 valence electrons. The van der Waals surface area contributed by atoms with Gasteiger partial charge in [-0.1, -0.05) is 6.92 Å². The highest BCUT2D eigenvalue weighted by Crippen LogP contribution is 2.16. The summed E-state index contributed by atoms with van der Waals surface area (Å²) < 4.78 is 28.8. The molecule has 0 fully saturated rings. The lowest BCUT2D eigenvalue weighted by Crippen LogP contribution is -2.18. The third-order valence-corrected chi connectivity index (χ3v) is 4.62. The molecule has 0 saturated carbocycles. The number of ether oxygens (including phenoxy) is 1. The lowest BCUT2D eigenvalue weighted by Gasteiger charge is -2.12. The SMILES string of the molecule is CCCS(=O)(=O)c1ccc(NCC(C)OC)cc1. The first-order valence-corrected chi connectivity index (χ1v) is 7.74. The molecule has 1 atom stereocenters. The second-order valence-electron chi connectivity index (χ2n) is 4.27. The molecule has 1 aromatic carbocycles. The van der Waals surface area contributed by atoms with Crippen molar-refractivity contribution in [3.63, 3.8) is 0 Å². The van der Waals surface area contributed by atoms with Gasteiger partial charge in [0.15, 0.2) is 9.84 Å². The van der Waals surface area contributed by atoms with Gasteiger partial charge in [-0.2, -0.15) is 0 Å². The van der Waals surface area contributed by atoms with E-state index in [1.807, 2.05) is 13.8 Å². The van der Waals surface area contributed by atoms with E-state index in [0.717, 1.165) is 5.69 Å². The summed E-state index contributed by atoms with van der Waals surface area (Å²) in [5, 5.41) is 3.19. The number of sulfone groups is 1. The molecular weight excluding hydrogens is 250 g/mol. The summed E-state index contributed by atoms with van der Waals surface area (Å²) in [6, 6.07) is 6.85. The Labute approximate surface area is 109 Å². The number of benzene rings is 1. The second-order valence-corrected chi connectivity index (χ2v) is 6.38. The van der Waals surface area contributed by atoms with Gasteiger partial charge in [0.1, 0.15) is 0 Å². The predicted octanol–water partition coefficient (Wildman–Crippen LogP) is 2.32. The van der Waals surface area contributed by atoms with Crippen LogP contribution in [0.15, 0.2) is 29.2 Å². The molecule has 1 N–H and O–H groups in total. The van der Waals surface area contributed by atoms with E-state index >= 15 is 0 Å². The third kappa shape index (κ3) is 4.31. The summed E-state index contributed by atoms with van der Waals surface area (Å²) in [5.74, 6) is 0.195. The average molecular weight is 271 g/mol. The smallest absolute Gasteiger partial charge is 0.178 e. The van der Waals surface area contributed by atoms with Crippen LogP contribution in [0.5, 0.6) is 0 Å². The van der Waals surface area contributed by atoms with Crippen molar-refractivity contribution in [2.24, 2.45) is 0 Å². The minimum atomic E-state index is -3.12. The molecule has 0 radical (unpaired) electrons. The Kier molecular flexibility index (Phi) is 5.62. The number of nitrogens with one attached hydrogen (secondary N) is 1. The van der Waals surface area contributed by atoms with Gasteiger partial charge in [0.25, 0.3) is 0 Å². The molecule has 0 aromatic heterocycles. The van der Waals surface area contributed by atoms with Crippen LogP contribution in [0.25, 0.3) is 0 Å². The van der Waals surface area contributed by atoms with Crippen LogP contribution in [0.1, 0.15) is 20.3 Å². The highest BCUT2D eigenvalue weighted by Gasteiger charge is 2.12. The molecule has 0 aliphatic carbocycles. The van der Waals surface area contributed by atoms with Crippen LogP contribution in [-0.2, 0) is 14.6 Å². The Bertz CT molecular complexity index is 454. The van der Waals surface area contributed by atoms with Gasteiger partial charge in [-0.15, -0.1) is 0 Å². The van der Waals surface area contributed by atoms with Crippen molar-refractivity contribution in [1.29, 1.82) is 0 Å². The summed E-state index contributed by atoms with van der Waals surface area (Å²) in [4.78, 5) is 0.384. The number of methoxy groups -OCH3 is 1. The zero-order valence-electron chi connectivity index (χ0n) is 11.1. The maximum absolute atomic E-state index is 11.8. The van der Waals surface area contributed by atoms with E-state index in [-0.39, 0.29) is 11.9 Å². The normalized spacial score (nSPS) is 13.3. The van der Waals surface area contributed by atoms with Crippen molar-refractivity contribution < 1.29 is 13.2 Å². The van der Waals surface area contributed by atoms with Crippen LogP contribution in [0.2, 0.25) is 0 Å². The second kappa shape index (κ2) is 6.75. The maximum atomic E-state index is 11.8. The highest BCUT2D eigenvalue weighted by molar-refractivity contribution is 7.91. The molecule has 0 saturated heterocycles. The van der Waals surface area contributed by atoms with Gasteiger partial charge in [-0.25, -0.2) is 8.42 Å². The molecule has 5 heteroatoms. The van der Waals surface area contributed by atoms with Gasteiger partial charge in [-0.3, -0.25) is 0 Å². The Hall–Kier alpha value is -1.07. The van der Waals surface area contributed by atoms with E-state index < -0.39 is 9.84 Å². The van der Waals surface area contributed by atoms with Gasteiger partial charge in [-0.05, 0) is 37.6 Å². The van der Waals surface area contributed by atoms with Crippen LogP contribution in [0.4, 0.5) is 5.69 Å². The Balaban J connectivity index is 2.68. The fourth-order valence-corrected chi connectivity index (χ4v) is 2.84. The van der Waals surface area contributed by atoms with Crippen LogP contribution in [0, 0.1) is 0 Å². The van der Waals surface area contributed by atoms with E-state index in [2.05, 4.69) is 5.32 Å². The summed E-state index contributed by atoms with van der Waals surface area (Å²) in [6.45, 7) is 4.52. The van der Waals surface area contributed by atoms with Gasteiger partial charge < -0.3 is 10.1 Å². The summed E-state index contributed by atoms with van der Waals surface area (Å²) in [5.41, 5.74) is 0.898. The monoisotopic (exact) mass is 271 g/mol. The first kappa shape index (κ1) is 15.0. The minimum absolute atomic E-state index is 0.119. The molecule has 18 heavy (non-hydrogen) atoms. The summed E-state index contributed by atoms with van der Waals surface area (Å²) >= 11 is 0. The van der Waals surface area contributed by atoms with Gasteiger partial charge in [0.2, 0.25) is 0 Å². The molecule has 0 heterocycles. The van der Waals surface area contributed by atoms with Crippen LogP contribution >= 0.6 is 0 Å². The first-order valence-electron chi connectivity index (χ1n) is 6.09. The molecule has 0 bridgehead atoms. The topological polar surface area (TPSA) is 55.4 Å². The molecule has 0 aliphatic heterocycles. The standard InChI is InChI=1S/C13H21NO3S/c1-4-9-18(15,16)13-7-5-12(6-8-13)14-10-11(2)17-3/h5-8,11,14H,4,9-10H2,1-3H3. The molecule has 1 rings (SSSR count). The van der Waals surface area contributed by atoms with Crippen molar-refractivity contribution in [2.75, 3.05) is 24.7 Å². The van der Waals surface area contributed by atoms with Crippen molar-refractivity contribution in [1.82, 2.24) is 0 Å². The Morgan fingerprint density at radius 2 is 1.89 bits per heavy atom. The number of hydrogen-bond acceptors (Lipinski definition) is 4. The van der Waals surface area contributed by atoms with Gasteiger partial charge in [0.05, 0.1) is 16.8 Å². The molecule has 0 amide bonds. The average Bonchev–Trinajstić information content (AvgIpc) is 2.36. The molecule has 4 nitrogen and oxygen atoms in total. The fourth-order valence-electron chi connectivity index (χ4n) is 1.51. The summed E-state index contributed by atoms with van der Waals surface area (Å²) in [7, 11) is -1.46. The summed E-state index contributed by atoms with van der Waals surface area (Å²) in [6.07, 6.45) is 0.752. The van der Waals surface area contributed by atoms with E-state index in [1.165, 1.54) is 0 Å². The lowest BCUT2D eigenvalue weighted by molar-refractivity contribution is 0.129. The van der Waals surface area contributed by atoms with Crippen molar-refractivity contribution in [3.8, 4) is 0 Å². The third-order valence-electron chi connectivity index (χ3n) is 2.68. The van der Waals surface area contributed by atoms with Crippen LogP contribution in [-0.4, -0.2) is 33.9 Å². The van der Waals surface area contributed by atoms with Gasteiger partial charge >= 0.3 is 0 Å². The molecule has 0 spiro atoms. The molecule has 1 unspecified atom stereocenters. The molecular formula is C13H21NO3S. The zero-order valence-corrected chi connectivity index (χ0v) is 12.0. The van der Waals surface area contributed by atoms with E-state index in [0.29, 0.717) is 17.9 Å². The van der Waals surface area contributed by atoms with Crippen molar-refractivity contribution in [3.05, 3.63) is 24.3 Å². The number of anilines is 1. The van der Waals surface area contributed by atoms with Gasteiger partial charge in [0, 0.05) is 19.3 Å². The number of hydrogen-bond donors (Lipinski definition) is 1. The molecule has 0 aliphatic rings. The van der Waals surface area contributed by atoms with E-state index in [9.17, 15) is 8.42 Å². The highest BCUT2D eigenvalue weighted by atomic mass is 32.2. The quantitative estimate of drug-likeness (QED) is 0.827. The number of rotatable bonds is 7.